The van der Waals surface area contributed by atoms with Crippen LogP contribution in [-0.4, -0.2) is 33.7 Å². The van der Waals surface area contributed by atoms with E-state index in [1.807, 2.05) is 34.6 Å². The van der Waals surface area contributed by atoms with Crippen LogP contribution in [0, 0.1) is 11.8 Å². The van der Waals surface area contributed by atoms with E-state index < -0.39 is 11.2 Å². The molecular formula is C18H31NO4S. The highest BCUT2D eigenvalue weighted by molar-refractivity contribution is 7.91. The zero-order valence-electron chi connectivity index (χ0n) is 15.5. The van der Waals surface area contributed by atoms with Gasteiger partial charge >= 0.3 is 0 Å². The Morgan fingerprint density at radius 1 is 1.38 bits per heavy atom. The van der Waals surface area contributed by atoms with Crippen molar-refractivity contribution in [3.8, 4) is 0 Å². The lowest BCUT2D eigenvalue weighted by molar-refractivity contribution is -0.129. The van der Waals surface area contributed by atoms with E-state index in [2.05, 4.69) is 5.48 Å². The lowest BCUT2D eigenvalue weighted by Gasteiger charge is -2.31. The van der Waals surface area contributed by atoms with Gasteiger partial charge in [-0.2, -0.15) is 0 Å². The van der Waals surface area contributed by atoms with Crippen LogP contribution < -0.4 is 5.48 Å². The number of nitrogens with one attached hydrogen (secondary N) is 1. The third-order valence-corrected chi connectivity index (χ3v) is 6.26. The first kappa shape index (κ1) is 21.2. The van der Waals surface area contributed by atoms with Crippen LogP contribution in [0.1, 0.15) is 60.3 Å². The fourth-order valence-corrected chi connectivity index (χ4v) is 4.19. The normalized spacial score (nSPS) is 26.2. The smallest absolute Gasteiger partial charge is 0.171 e. The van der Waals surface area contributed by atoms with Crippen LogP contribution in [0.15, 0.2) is 11.3 Å². The summed E-state index contributed by atoms with van der Waals surface area (Å²) in [6.45, 7) is 10.0. The molecule has 0 aromatic carbocycles. The summed E-state index contributed by atoms with van der Waals surface area (Å²) in [6.07, 6.45) is 2.42. The number of rotatable bonds is 9. The number of hydroxylamine groups is 1. The molecule has 1 N–H and O–H groups in total. The number of carbonyl (C=O) groups is 2. The number of hydrogen-bond acceptors (Lipinski definition) is 5. The number of Topliss-reactive ketones (excluding diaryl/α,β-unsaturated/α-hetero) is 2. The molecule has 0 heterocycles. The first-order valence-corrected chi connectivity index (χ1v) is 10.3. The summed E-state index contributed by atoms with van der Waals surface area (Å²) in [4.78, 5) is 30.6. The lowest BCUT2D eigenvalue weighted by Crippen LogP contribution is -2.38. The zero-order valence-corrected chi connectivity index (χ0v) is 16.3. The molecule has 4 atom stereocenters. The number of carbonyl (C=O) groups excluding carboxylic acids is 2. The van der Waals surface area contributed by atoms with Crippen LogP contribution in [0.2, 0.25) is 0 Å². The Morgan fingerprint density at radius 3 is 2.58 bits per heavy atom. The highest BCUT2D eigenvalue weighted by Crippen LogP contribution is 2.34. The Bertz CT molecular complexity index is 478. The van der Waals surface area contributed by atoms with Gasteiger partial charge in [0.25, 0.3) is 0 Å². The molecule has 0 saturated heterocycles. The second kappa shape index (κ2) is 10.2. The van der Waals surface area contributed by atoms with Gasteiger partial charge in [0.05, 0.1) is 17.9 Å². The fraction of sp³-hybridized carbons (Fsp3) is 0.778. The number of allylic oxidation sites excluding steroid dienone is 2. The van der Waals surface area contributed by atoms with Crippen molar-refractivity contribution in [1.82, 2.24) is 5.48 Å². The van der Waals surface area contributed by atoms with Crippen molar-refractivity contribution in [3.63, 3.8) is 0 Å². The van der Waals surface area contributed by atoms with Crippen LogP contribution in [0.25, 0.3) is 0 Å². The van der Waals surface area contributed by atoms with Gasteiger partial charge in [-0.15, -0.1) is 0 Å². The quantitative estimate of drug-likeness (QED) is 0.297. The number of ketones is 2. The first-order chi connectivity index (χ1) is 11.4. The highest BCUT2D eigenvalue weighted by Gasteiger charge is 2.40. The second-order valence-corrected chi connectivity index (χ2v) is 8.54. The van der Waals surface area contributed by atoms with Gasteiger partial charge < -0.3 is 4.55 Å². The average Bonchev–Trinajstić information content (AvgIpc) is 2.56. The molecule has 0 aromatic heterocycles. The molecule has 0 spiro atoms. The fourth-order valence-electron chi connectivity index (χ4n) is 3.16. The molecule has 0 amide bonds. The van der Waals surface area contributed by atoms with Gasteiger partial charge in [0.1, 0.15) is 11.0 Å². The lowest BCUT2D eigenvalue weighted by atomic mass is 9.73. The van der Waals surface area contributed by atoms with Crippen LogP contribution in [0.4, 0.5) is 0 Å². The largest absolute Gasteiger partial charge is 0.616 e. The summed E-state index contributed by atoms with van der Waals surface area (Å²) in [7, 11) is 0. The molecule has 0 bridgehead atoms. The Hall–Kier alpha value is -0.850. The highest BCUT2D eigenvalue weighted by atomic mass is 32.2. The molecule has 0 radical (unpaired) electrons. The minimum Gasteiger partial charge on any atom is -0.616 e. The molecule has 1 saturated carbocycles. The van der Waals surface area contributed by atoms with Crippen LogP contribution in [0.5, 0.6) is 0 Å². The Morgan fingerprint density at radius 2 is 2.04 bits per heavy atom. The molecule has 1 rings (SSSR count). The Labute approximate surface area is 148 Å². The minimum absolute atomic E-state index is 0.00485. The van der Waals surface area contributed by atoms with Gasteiger partial charge in [-0.05, 0) is 39.5 Å². The monoisotopic (exact) mass is 357 g/mol. The molecule has 24 heavy (non-hydrogen) atoms. The third kappa shape index (κ3) is 5.33. The van der Waals surface area contributed by atoms with Crippen molar-refractivity contribution >= 4 is 22.7 Å². The topological polar surface area (TPSA) is 78.5 Å². The third-order valence-electron chi connectivity index (χ3n) is 4.60. The summed E-state index contributed by atoms with van der Waals surface area (Å²) in [5.74, 6) is 0.113. The minimum atomic E-state index is -0.903. The predicted molar refractivity (Wildman–Crippen MR) is 96.7 cm³/mol. The van der Waals surface area contributed by atoms with Gasteiger partial charge in [0.15, 0.2) is 11.6 Å². The molecular weight excluding hydrogens is 326 g/mol. The molecule has 0 aromatic rings. The summed E-state index contributed by atoms with van der Waals surface area (Å²) in [5, 5.41) is 0.00485. The molecule has 5 nitrogen and oxygen atoms in total. The second-order valence-electron chi connectivity index (χ2n) is 6.39. The van der Waals surface area contributed by atoms with E-state index in [9.17, 15) is 14.1 Å². The summed E-state index contributed by atoms with van der Waals surface area (Å²) < 4.78 is 11.9. The van der Waals surface area contributed by atoms with E-state index in [4.69, 9.17) is 4.84 Å². The predicted octanol–water partition coefficient (Wildman–Crippen LogP) is 2.92. The van der Waals surface area contributed by atoms with Gasteiger partial charge in [-0.1, -0.05) is 31.4 Å². The molecule has 1 aliphatic carbocycles. The molecule has 0 aliphatic heterocycles. The molecule has 1 fully saturated rings. The van der Waals surface area contributed by atoms with Crippen molar-refractivity contribution in [3.05, 3.63) is 11.3 Å². The van der Waals surface area contributed by atoms with Gasteiger partial charge in [0, 0.05) is 12.3 Å². The van der Waals surface area contributed by atoms with E-state index in [1.165, 1.54) is 0 Å². The van der Waals surface area contributed by atoms with Crippen molar-refractivity contribution < 1.29 is 19.0 Å². The maximum atomic E-state index is 12.8. The summed E-state index contributed by atoms with van der Waals surface area (Å²) in [6, 6.07) is 0. The zero-order chi connectivity index (χ0) is 18.3. The van der Waals surface area contributed by atoms with Crippen molar-refractivity contribution in [1.29, 1.82) is 0 Å². The van der Waals surface area contributed by atoms with Gasteiger partial charge in [0.2, 0.25) is 0 Å². The number of hydrogen-bond donors (Lipinski definition) is 1. The van der Waals surface area contributed by atoms with Crippen molar-refractivity contribution in [2.24, 2.45) is 11.8 Å². The van der Waals surface area contributed by atoms with E-state index in [0.717, 1.165) is 6.42 Å². The van der Waals surface area contributed by atoms with Gasteiger partial charge in [-0.25, -0.2) is 0 Å². The van der Waals surface area contributed by atoms with E-state index in [1.54, 1.807) is 0 Å². The Balaban J connectivity index is 2.96. The molecule has 138 valence electrons. The first-order valence-electron chi connectivity index (χ1n) is 8.92. The summed E-state index contributed by atoms with van der Waals surface area (Å²) >= 11 is -0.903. The van der Waals surface area contributed by atoms with Crippen LogP contribution >= 0.6 is 0 Å². The van der Waals surface area contributed by atoms with E-state index >= 15 is 0 Å². The van der Waals surface area contributed by atoms with Crippen LogP contribution in [-0.2, 0) is 25.6 Å². The van der Waals surface area contributed by atoms with Crippen molar-refractivity contribution in [2.75, 3.05) is 12.4 Å². The molecule has 4 unspecified atom stereocenters. The van der Waals surface area contributed by atoms with E-state index in [0.29, 0.717) is 37.3 Å². The average molecular weight is 358 g/mol. The van der Waals surface area contributed by atoms with E-state index in [-0.39, 0.29) is 34.2 Å². The van der Waals surface area contributed by atoms with Crippen LogP contribution in [0.3, 0.4) is 0 Å². The maximum absolute atomic E-state index is 12.8. The van der Waals surface area contributed by atoms with Gasteiger partial charge in [-0.3, -0.25) is 19.9 Å². The SMILES string of the molecule is CCC/C(NOCC)=C1/C(=O)CC(CC(C)[S+]([O-])CC)C(C)C1=O. The molecule has 1 aliphatic rings. The summed E-state index contributed by atoms with van der Waals surface area (Å²) in [5.41, 5.74) is 3.67. The maximum Gasteiger partial charge on any atom is 0.171 e. The molecule has 6 heteroatoms. The van der Waals surface area contributed by atoms with Crippen molar-refractivity contribution in [2.45, 2.75) is 65.6 Å². The Kier molecular flexibility index (Phi) is 9.02. The standard InChI is InChI=1S/C18H31NO4S/c1-6-9-15(19-23-7-2)17-16(20)11-14(13(5)18(17)21)10-12(4)24(22)8-3/h12-14,19H,6-11H2,1-5H3/b17-15+.